The molecule has 0 atom stereocenters. The molecule has 0 aliphatic heterocycles. The first kappa shape index (κ1) is 16.8. The van der Waals surface area contributed by atoms with Crippen molar-refractivity contribution in [2.45, 2.75) is 13.5 Å². The summed E-state index contributed by atoms with van der Waals surface area (Å²) < 4.78 is 15.1. The van der Waals surface area contributed by atoms with Crippen LogP contribution >= 0.6 is 0 Å². The highest BCUT2D eigenvalue weighted by Crippen LogP contribution is 2.20. The maximum atomic E-state index is 13.5. The molecular weight excluding hydrogens is 345 g/mol. The second-order valence-corrected chi connectivity index (χ2v) is 6.09. The number of carbonyl (C=O) groups is 1. The number of aromatic nitrogens is 4. The fraction of sp³-hybridized carbons (Fsp3) is 0.100. The first-order chi connectivity index (χ1) is 13.1. The molecule has 0 bridgehead atoms. The van der Waals surface area contributed by atoms with Gasteiger partial charge in [-0.05, 0) is 37.3 Å². The lowest BCUT2D eigenvalue weighted by Gasteiger charge is -2.11. The van der Waals surface area contributed by atoms with E-state index in [0.717, 1.165) is 5.56 Å². The Labute approximate surface area is 154 Å². The first-order valence-corrected chi connectivity index (χ1v) is 8.41. The largest absolute Gasteiger partial charge is 0.348 e. The van der Waals surface area contributed by atoms with Crippen molar-refractivity contribution in [1.82, 2.24) is 25.1 Å². The van der Waals surface area contributed by atoms with Gasteiger partial charge in [0.05, 0.1) is 11.1 Å². The molecule has 27 heavy (non-hydrogen) atoms. The minimum absolute atomic E-state index is 0.257. The fourth-order valence-electron chi connectivity index (χ4n) is 2.96. The quantitative estimate of drug-likeness (QED) is 0.606. The van der Waals surface area contributed by atoms with Crippen LogP contribution < -0.4 is 5.32 Å². The maximum absolute atomic E-state index is 13.5. The number of rotatable bonds is 4. The summed E-state index contributed by atoms with van der Waals surface area (Å²) in [6.07, 6.45) is 5.14. The average Bonchev–Trinajstić information content (AvgIpc) is 3.20. The smallest absolute Gasteiger partial charge is 0.252 e. The van der Waals surface area contributed by atoms with Crippen LogP contribution in [-0.4, -0.2) is 25.7 Å². The van der Waals surface area contributed by atoms with Gasteiger partial charge in [-0.15, -0.1) is 0 Å². The molecule has 3 heterocycles. The van der Waals surface area contributed by atoms with Crippen LogP contribution in [0.5, 0.6) is 0 Å². The summed E-state index contributed by atoms with van der Waals surface area (Å²) in [5, 5.41) is 7.71. The maximum Gasteiger partial charge on any atom is 0.252 e. The Morgan fingerprint density at radius 3 is 2.89 bits per heavy atom. The number of aryl methyl sites for hydroxylation is 1. The van der Waals surface area contributed by atoms with Crippen LogP contribution in [0.2, 0.25) is 0 Å². The van der Waals surface area contributed by atoms with Crippen LogP contribution in [-0.2, 0) is 6.54 Å². The molecule has 0 spiro atoms. The van der Waals surface area contributed by atoms with E-state index in [-0.39, 0.29) is 18.3 Å². The molecule has 4 rings (SSSR count). The van der Waals surface area contributed by atoms with Gasteiger partial charge in [-0.3, -0.25) is 9.78 Å². The molecule has 0 radical (unpaired) electrons. The van der Waals surface area contributed by atoms with E-state index in [1.165, 1.54) is 12.1 Å². The molecule has 0 saturated carbocycles. The minimum Gasteiger partial charge on any atom is -0.348 e. The number of halogens is 1. The number of hydrogen-bond acceptors (Lipinski definition) is 4. The Morgan fingerprint density at radius 1 is 1.19 bits per heavy atom. The molecule has 0 aliphatic carbocycles. The Balaban J connectivity index is 1.62. The van der Waals surface area contributed by atoms with Crippen molar-refractivity contribution in [3.8, 4) is 5.82 Å². The molecule has 0 aliphatic rings. The van der Waals surface area contributed by atoms with Gasteiger partial charge in [-0.25, -0.2) is 14.1 Å². The second-order valence-electron chi connectivity index (χ2n) is 6.09. The number of nitrogens with one attached hydrogen (secondary N) is 1. The molecule has 0 fully saturated rings. The summed E-state index contributed by atoms with van der Waals surface area (Å²) >= 11 is 0. The van der Waals surface area contributed by atoms with Gasteiger partial charge < -0.3 is 5.32 Å². The molecule has 0 unspecified atom stereocenters. The zero-order valence-electron chi connectivity index (χ0n) is 14.6. The van der Waals surface area contributed by atoms with Crippen LogP contribution in [0.1, 0.15) is 21.6 Å². The van der Waals surface area contributed by atoms with Crippen molar-refractivity contribution in [1.29, 1.82) is 0 Å². The number of amides is 1. The zero-order chi connectivity index (χ0) is 18.8. The molecule has 3 aromatic heterocycles. The molecule has 1 N–H and O–H groups in total. The number of benzene rings is 1. The molecular formula is C20H16FN5O. The second kappa shape index (κ2) is 6.95. The average molecular weight is 361 g/mol. The van der Waals surface area contributed by atoms with E-state index in [0.29, 0.717) is 28.0 Å². The van der Waals surface area contributed by atoms with Gasteiger partial charge >= 0.3 is 0 Å². The van der Waals surface area contributed by atoms with Crippen LogP contribution in [0.3, 0.4) is 0 Å². The Hall–Kier alpha value is -3.61. The topological polar surface area (TPSA) is 72.7 Å². The summed E-state index contributed by atoms with van der Waals surface area (Å²) in [6, 6.07) is 11.4. The van der Waals surface area contributed by atoms with Crippen LogP contribution in [0.25, 0.3) is 16.7 Å². The number of fused-ring (bicyclic) bond motifs is 1. The van der Waals surface area contributed by atoms with Crippen molar-refractivity contribution in [2.24, 2.45) is 0 Å². The molecule has 1 aromatic carbocycles. The van der Waals surface area contributed by atoms with Gasteiger partial charge in [0.1, 0.15) is 5.82 Å². The lowest BCUT2D eigenvalue weighted by Crippen LogP contribution is -2.24. The molecule has 6 nitrogen and oxygen atoms in total. The van der Waals surface area contributed by atoms with E-state index in [2.05, 4.69) is 20.4 Å². The molecule has 4 aromatic rings. The van der Waals surface area contributed by atoms with Crippen molar-refractivity contribution in [2.75, 3.05) is 0 Å². The number of pyridine rings is 2. The number of hydrogen-bond donors (Lipinski definition) is 1. The van der Waals surface area contributed by atoms with Gasteiger partial charge in [-0.2, -0.15) is 5.10 Å². The predicted molar refractivity (Wildman–Crippen MR) is 99.0 cm³/mol. The summed E-state index contributed by atoms with van der Waals surface area (Å²) in [6.45, 7) is 2.06. The van der Waals surface area contributed by atoms with Gasteiger partial charge in [-0.1, -0.05) is 6.07 Å². The highest BCUT2D eigenvalue weighted by atomic mass is 19.1. The van der Waals surface area contributed by atoms with Gasteiger partial charge in [0.25, 0.3) is 5.91 Å². The summed E-state index contributed by atoms with van der Waals surface area (Å²) in [5.74, 6) is 0.0131. The van der Waals surface area contributed by atoms with Crippen LogP contribution in [0.4, 0.5) is 4.39 Å². The summed E-state index contributed by atoms with van der Waals surface area (Å²) in [5.41, 5.74) is 2.40. The predicted octanol–water partition coefficient (Wildman–Crippen LogP) is 3.19. The van der Waals surface area contributed by atoms with Crippen molar-refractivity contribution in [3.63, 3.8) is 0 Å². The SMILES string of the molecule is Cc1cc(C(=O)NCc2cccnc2-n2cccn2)c2ccc(F)cc2n1. The summed E-state index contributed by atoms with van der Waals surface area (Å²) in [7, 11) is 0. The van der Waals surface area contributed by atoms with Crippen LogP contribution in [0.15, 0.2) is 61.1 Å². The van der Waals surface area contributed by atoms with Gasteiger partial charge in [0.2, 0.25) is 0 Å². The fourth-order valence-corrected chi connectivity index (χ4v) is 2.96. The first-order valence-electron chi connectivity index (χ1n) is 8.41. The molecule has 1 amide bonds. The molecule has 7 heteroatoms. The third kappa shape index (κ3) is 3.39. The van der Waals surface area contributed by atoms with E-state index in [4.69, 9.17) is 0 Å². The third-order valence-corrected chi connectivity index (χ3v) is 4.17. The van der Waals surface area contributed by atoms with E-state index in [1.54, 1.807) is 42.3 Å². The molecule has 0 saturated heterocycles. The highest BCUT2D eigenvalue weighted by Gasteiger charge is 2.14. The van der Waals surface area contributed by atoms with Crippen molar-refractivity contribution >= 4 is 16.8 Å². The number of nitrogens with zero attached hydrogens (tertiary/aromatic N) is 4. The van der Waals surface area contributed by atoms with E-state index < -0.39 is 0 Å². The van der Waals surface area contributed by atoms with Crippen LogP contribution in [0, 0.1) is 12.7 Å². The normalized spacial score (nSPS) is 10.9. The standard InChI is InChI=1S/C20H16FN5O/c1-13-10-17(16-6-5-15(21)11-18(16)25-13)20(27)23-12-14-4-2-7-22-19(14)26-9-3-8-24-26/h2-11H,12H2,1H3,(H,23,27). The van der Waals surface area contributed by atoms with E-state index >= 15 is 0 Å². The Bertz CT molecular complexity index is 1120. The number of carbonyl (C=O) groups excluding carboxylic acids is 1. The molecule has 134 valence electrons. The van der Waals surface area contributed by atoms with Crippen molar-refractivity contribution in [3.05, 3.63) is 83.7 Å². The Morgan fingerprint density at radius 2 is 2.07 bits per heavy atom. The van der Waals surface area contributed by atoms with Gasteiger partial charge in [0, 0.05) is 47.8 Å². The highest BCUT2D eigenvalue weighted by molar-refractivity contribution is 6.06. The van der Waals surface area contributed by atoms with E-state index in [1.807, 2.05) is 18.2 Å². The summed E-state index contributed by atoms with van der Waals surface area (Å²) in [4.78, 5) is 21.4. The van der Waals surface area contributed by atoms with Gasteiger partial charge in [0.15, 0.2) is 5.82 Å². The zero-order valence-corrected chi connectivity index (χ0v) is 14.6. The minimum atomic E-state index is -0.383. The van der Waals surface area contributed by atoms with Crippen molar-refractivity contribution < 1.29 is 9.18 Å². The lowest BCUT2D eigenvalue weighted by molar-refractivity contribution is 0.0952. The van der Waals surface area contributed by atoms with E-state index in [9.17, 15) is 9.18 Å². The monoisotopic (exact) mass is 361 g/mol. The Kier molecular flexibility index (Phi) is 4.33. The third-order valence-electron chi connectivity index (χ3n) is 4.17. The lowest BCUT2D eigenvalue weighted by atomic mass is 10.1.